The molecule has 7 heteroatoms. The predicted molar refractivity (Wildman–Crippen MR) is 111 cm³/mol. The maximum atomic E-state index is 11.9. The van der Waals surface area contributed by atoms with E-state index in [9.17, 15) is 9.59 Å². The third-order valence-electron chi connectivity index (χ3n) is 4.42. The fourth-order valence-electron chi connectivity index (χ4n) is 2.99. The maximum Gasteiger partial charge on any atom is 0.253 e. The minimum Gasteiger partial charge on any atom is -0.376 e. The molecule has 0 unspecified atom stereocenters. The van der Waals surface area contributed by atoms with Gasteiger partial charge in [0, 0.05) is 27.8 Å². The number of aromatic nitrogens is 1. The minimum absolute atomic E-state index is 0.280. The van der Waals surface area contributed by atoms with Crippen LogP contribution in [0.3, 0.4) is 0 Å². The molecule has 4 rings (SSSR count). The molecule has 3 aromatic carbocycles. The molecule has 0 spiro atoms. The Kier molecular flexibility index (Phi) is 4.64. The van der Waals surface area contributed by atoms with Crippen LogP contribution in [-0.4, -0.2) is 4.98 Å². The molecule has 0 radical (unpaired) electrons. The zero-order chi connectivity index (χ0) is 19.0. The third-order valence-corrected chi connectivity index (χ3v) is 5.01. The molecular formula is C20H15Cl2N3O2. The van der Waals surface area contributed by atoms with Crippen molar-refractivity contribution in [1.29, 1.82) is 0 Å². The fourth-order valence-corrected chi connectivity index (χ4v) is 3.47. The monoisotopic (exact) mass is 399 g/mol. The lowest BCUT2D eigenvalue weighted by molar-refractivity contribution is 1.06. The van der Waals surface area contributed by atoms with Crippen LogP contribution in [0.4, 0.5) is 11.4 Å². The summed E-state index contributed by atoms with van der Waals surface area (Å²) in [6.45, 7) is 0.734. The molecule has 5 nitrogen and oxygen atoms in total. The number of H-pyrrole nitrogens is 1. The molecule has 0 atom stereocenters. The van der Waals surface area contributed by atoms with E-state index >= 15 is 0 Å². The van der Waals surface area contributed by atoms with Crippen LogP contribution < -0.4 is 21.5 Å². The number of rotatable bonds is 6. The van der Waals surface area contributed by atoms with E-state index in [1.165, 1.54) is 0 Å². The van der Waals surface area contributed by atoms with Crippen LogP contribution in [-0.2, 0) is 13.1 Å². The molecule has 1 aromatic heterocycles. The second kappa shape index (κ2) is 7.10. The van der Waals surface area contributed by atoms with Gasteiger partial charge in [0.25, 0.3) is 10.9 Å². The van der Waals surface area contributed by atoms with E-state index in [1.54, 1.807) is 18.2 Å². The summed E-state index contributed by atoms with van der Waals surface area (Å²) in [5.41, 5.74) is 2.27. The Hall–Kier alpha value is -2.76. The van der Waals surface area contributed by atoms with Crippen molar-refractivity contribution in [2.45, 2.75) is 13.1 Å². The van der Waals surface area contributed by atoms with Crippen molar-refractivity contribution in [2.75, 3.05) is 10.6 Å². The maximum absolute atomic E-state index is 11.9. The summed E-state index contributed by atoms with van der Waals surface area (Å²) in [7, 11) is 0. The highest BCUT2D eigenvalue weighted by atomic mass is 35.5. The molecule has 0 saturated heterocycles. The van der Waals surface area contributed by atoms with Gasteiger partial charge < -0.3 is 15.6 Å². The van der Waals surface area contributed by atoms with Gasteiger partial charge in [-0.1, -0.05) is 47.5 Å². The number of para-hydroxylation sites is 1. The Morgan fingerprint density at radius 2 is 1.56 bits per heavy atom. The summed E-state index contributed by atoms with van der Waals surface area (Å²) < 4.78 is 0. The van der Waals surface area contributed by atoms with Gasteiger partial charge in [0.1, 0.15) is 11.4 Å². The number of benzene rings is 2. The van der Waals surface area contributed by atoms with Gasteiger partial charge in [-0.3, -0.25) is 9.59 Å². The second-order valence-electron chi connectivity index (χ2n) is 6.23. The van der Waals surface area contributed by atoms with Crippen LogP contribution in [0.15, 0.2) is 58.1 Å². The van der Waals surface area contributed by atoms with Gasteiger partial charge in [-0.05, 0) is 35.2 Å². The lowest BCUT2D eigenvalue weighted by atomic mass is 10.1. The molecule has 0 amide bonds. The number of fused-ring (bicyclic) bond motifs is 1. The summed E-state index contributed by atoms with van der Waals surface area (Å²) in [5, 5.41) is 8.18. The molecule has 27 heavy (non-hydrogen) atoms. The molecule has 4 aromatic rings. The van der Waals surface area contributed by atoms with Gasteiger partial charge in [-0.15, -0.1) is 0 Å². The van der Waals surface area contributed by atoms with E-state index in [2.05, 4.69) is 15.6 Å². The summed E-state index contributed by atoms with van der Waals surface area (Å²) in [4.78, 5) is 27.1. The molecular weight excluding hydrogens is 385 g/mol. The predicted octanol–water partition coefficient (Wildman–Crippen LogP) is 4.29. The average molecular weight is 400 g/mol. The molecule has 136 valence electrons. The van der Waals surface area contributed by atoms with Crippen molar-refractivity contribution < 1.29 is 0 Å². The van der Waals surface area contributed by atoms with Crippen molar-refractivity contribution in [1.82, 2.24) is 4.98 Å². The Morgan fingerprint density at radius 1 is 0.852 bits per heavy atom. The van der Waals surface area contributed by atoms with E-state index in [1.807, 2.05) is 30.3 Å². The normalized spacial score (nSPS) is 11.2. The summed E-state index contributed by atoms with van der Waals surface area (Å²) in [6, 6.07) is 15.1. The Labute approximate surface area is 164 Å². The Balaban J connectivity index is 1.47. The molecule has 0 aliphatic carbocycles. The number of hydrogen-bond donors (Lipinski definition) is 3. The number of halogens is 2. The van der Waals surface area contributed by atoms with Crippen LogP contribution in [0.25, 0.3) is 10.9 Å². The largest absolute Gasteiger partial charge is 0.376 e. The van der Waals surface area contributed by atoms with Crippen LogP contribution in [0.2, 0.25) is 10.0 Å². The smallest absolute Gasteiger partial charge is 0.253 e. The number of aromatic amines is 1. The van der Waals surface area contributed by atoms with Gasteiger partial charge >= 0.3 is 0 Å². The topological polar surface area (TPSA) is 74.0 Å². The molecule has 3 N–H and O–H groups in total. The first kappa shape index (κ1) is 17.6. The minimum atomic E-state index is -0.528. The molecule has 0 saturated carbocycles. The standard InChI is InChI=1S/C20H15Cl2N3O2/c21-13-6-5-12(15(22)8-13)9-23-17-18(20(27)19(17)26)24-10-14-7-11-3-1-2-4-16(11)25-14/h1-8,23-25H,9-10H2. The van der Waals surface area contributed by atoms with Crippen molar-refractivity contribution in [2.24, 2.45) is 0 Å². The first-order valence-corrected chi connectivity index (χ1v) is 9.10. The lowest BCUT2D eigenvalue weighted by Crippen LogP contribution is -2.37. The Bertz CT molecular complexity index is 1170. The highest BCUT2D eigenvalue weighted by Gasteiger charge is 2.20. The van der Waals surface area contributed by atoms with Crippen molar-refractivity contribution in [3.63, 3.8) is 0 Å². The van der Waals surface area contributed by atoms with Gasteiger partial charge in [-0.2, -0.15) is 0 Å². The fraction of sp³-hybridized carbons (Fsp3) is 0.100. The first-order valence-electron chi connectivity index (χ1n) is 8.34. The van der Waals surface area contributed by atoms with E-state index in [0.717, 1.165) is 22.2 Å². The zero-order valence-electron chi connectivity index (χ0n) is 14.1. The highest BCUT2D eigenvalue weighted by molar-refractivity contribution is 6.35. The van der Waals surface area contributed by atoms with Crippen molar-refractivity contribution in [3.05, 3.63) is 90.3 Å². The zero-order valence-corrected chi connectivity index (χ0v) is 15.6. The lowest BCUT2D eigenvalue weighted by Gasteiger charge is -2.15. The molecule has 0 aliphatic rings. The highest BCUT2D eigenvalue weighted by Crippen LogP contribution is 2.23. The average Bonchev–Trinajstić information content (AvgIpc) is 3.07. The van der Waals surface area contributed by atoms with Crippen LogP contribution in [0.5, 0.6) is 0 Å². The molecule has 0 aliphatic heterocycles. The third kappa shape index (κ3) is 3.44. The number of nitrogens with one attached hydrogen (secondary N) is 3. The van der Waals surface area contributed by atoms with Crippen LogP contribution >= 0.6 is 23.2 Å². The summed E-state index contributed by atoms with van der Waals surface area (Å²) in [6.07, 6.45) is 0. The van der Waals surface area contributed by atoms with Crippen molar-refractivity contribution >= 4 is 45.5 Å². The van der Waals surface area contributed by atoms with Gasteiger partial charge in [0.2, 0.25) is 0 Å². The van der Waals surface area contributed by atoms with Gasteiger partial charge in [0.05, 0.1) is 6.54 Å². The van der Waals surface area contributed by atoms with Crippen LogP contribution in [0, 0.1) is 0 Å². The first-order chi connectivity index (χ1) is 13.0. The summed E-state index contributed by atoms with van der Waals surface area (Å²) in [5.74, 6) is 0. The van der Waals surface area contributed by atoms with E-state index in [4.69, 9.17) is 23.2 Å². The molecule has 0 fully saturated rings. The number of hydrogen-bond acceptors (Lipinski definition) is 4. The van der Waals surface area contributed by atoms with Gasteiger partial charge in [-0.25, -0.2) is 0 Å². The van der Waals surface area contributed by atoms with Gasteiger partial charge in [0.15, 0.2) is 0 Å². The summed E-state index contributed by atoms with van der Waals surface area (Å²) >= 11 is 12.0. The quantitative estimate of drug-likeness (QED) is 0.422. The second-order valence-corrected chi connectivity index (χ2v) is 7.08. The Morgan fingerprint density at radius 3 is 2.26 bits per heavy atom. The van der Waals surface area contributed by atoms with E-state index < -0.39 is 10.9 Å². The van der Waals surface area contributed by atoms with E-state index in [0.29, 0.717) is 28.8 Å². The van der Waals surface area contributed by atoms with Crippen molar-refractivity contribution in [3.8, 4) is 0 Å². The van der Waals surface area contributed by atoms with Crippen LogP contribution in [0.1, 0.15) is 11.3 Å². The SMILES string of the molecule is O=c1c(NCc2cc3ccccc3[nH]2)c(NCc2ccc(Cl)cc2Cl)c1=O. The molecule has 0 bridgehead atoms. The van der Waals surface area contributed by atoms with E-state index in [-0.39, 0.29) is 5.69 Å². The molecule has 1 heterocycles. The number of anilines is 2.